The molecule has 1 atom stereocenters. The van der Waals surface area contributed by atoms with Crippen molar-refractivity contribution >= 4 is 10.8 Å². The van der Waals surface area contributed by atoms with Crippen LogP contribution in [0.4, 0.5) is 0 Å². The Hall–Kier alpha value is -2.33. The molecule has 3 aromatic rings. The Balaban J connectivity index is 2.15. The molecule has 0 bridgehead atoms. The highest BCUT2D eigenvalue weighted by Gasteiger charge is 2.15. The van der Waals surface area contributed by atoms with Crippen molar-refractivity contribution in [1.29, 1.82) is 0 Å². The molecule has 1 aromatic carbocycles. The molecular weight excluding hydrogens is 248 g/mol. The lowest BCUT2D eigenvalue weighted by molar-refractivity contribution is 0.629. The molecule has 0 saturated heterocycles. The lowest BCUT2D eigenvalue weighted by Crippen LogP contribution is -2.22. The second kappa shape index (κ2) is 5.75. The van der Waals surface area contributed by atoms with Gasteiger partial charge in [0.05, 0.1) is 6.04 Å². The van der Waals surface area contributed by atoms with E-state index in [0.29, 0.717) is 0 Å². The van der Waals surface area contributed by atoms with Gasteiger partial charge in [-0.2, -0.15) is 0 Å². The molecule has 20 heavy (non-hydrogen) atoms. The molecule has 0 saturated carbocycles. The van der Waals surface area contributed by atoms with Crippen LogP contribution in [0, 0.1) is 0 Å². The van der Waals surface area contributed by atoms with Crippen LogP contribution in [0.25, 0.3) is 10.8 Å². The quantitative estimate of drug-likeness (QED) is 0.787. The van der Waals surface area contributed by atoms with Crippen LogP contribution in [0.2, 0.25) is 0 Å². The highest BCUT2D eigenvalue weighted by molar-refractivity contribution is 5.85. The maximum absolute atomic E-state index is 4.19. The summed E-state index contributed by atoms with van der Waals surface area (Å²) in [4.78, 5) is 12.4. The number of hydrogen-bond donors (Lipinski definition) is 1. The van der Waals surface area contributed by atoms with E-state index < -0.39 is 0 Å². The molecular formula is C16H16N4. The minimum absolute atomic E-state index is 0.0901. The molecule has 0 amide bonds. The number of nitrogens with one attached hydrogen (secondary N) is 1. The predicted molar refractivity (Wildman–Crippen MR) is 79.3 cm³/mol. The smallest absolute Gasteiger partial charge is 0.115 e. The van der Waals surface area contributed by atoms with Crippen molar-refractivity contribution in [3.63, 3.8) is 0 Å². The molecule has 0 aliphatic carbocycles. The Labute approximate surface area is 117 Å². The van der Waals surface area contributed by atoms with Gasteiger partial charge in [0.1, 0.15) is 6.33 Å². The largest absolute Gasteiger partial charge is 0.306 e. The van der Waals surface area contributed by atoms with Gasteiger partial charge in [-0.05, 0) is 23.6 Å². The molecule has 4 nitrogen and oxygen atoms in total. The topological polar surface area (TPSA) is 50.7 Å². The van der Waals surface area contributed by atoms with E-state index in [1.54, 1.807) is 6.33 Å². The van der Waals surface area contributed by atoms with Gasteiger partial charge < -0.3 is 5.32 Å². The number of fused-ring (bicyclic) bond motifs is 1. The van der Waals surface area contributed by atoms with Gasteiger partial charge in [-0.1, -0.05) is 25.1 Å². The minimum Gasteiger partial charge on any atom is -0.306 e. The van der Waals surface area contributed by atoms with Crippen LogP contribution < -0.4 is 5.32 Å². The van der Waals surface area contributed by atoms with Crippen LogP contribution in [0.3, 0.4) is 0 Å². The second-order valence-corrected chi connectivity index (χ2v) is 4.61. The maximum atomic E-state index is 4.19. The van der Waals surface area contributed by atoms with Gasteiger partial charge in [0.15, 0.2) is 0 Å². The van der Waals surface area contributed by atoms with Crippen molar-refractivity contribution < 1.29 is 0 Å². The first-order chi connectivity index (χ1) is 9.90. The van der Waals surface area contributed by atoms with E-state index in [0.717, 1.165) is 17.5 Å². The number of pyridine rings is 1. The van der Waals surface area contributed by atoms with Crippen molar-refractivity contribution in [2.24, 2.45) is 0 Å². The lowest BCUT2D eigenvalue weighted by atomic mass is 9.96. The Morgan fingerprint density at radius 3 is 2.70 bits per heavy atom. The summed E-state index contributed by atoms with van der Waals surface area (Å²) < 4.78 is 0. The Morgan fingerprint density at radius 1 is 1.05 bits per heavy atom. The number of nitrogens with zero attached hydrogens (tertiary/aromatic N) is 3. The van der Waals surface area contributed by atoms with Gasteiger partial charge in [0, 0.05) is 35.7 Å². The number of aromatic nitrogens is 3. The van der Waals surface area contributed by atoms with E-state index >= 15 is 0 Å². The molecule has 1 N–H and O–H groups in total. The summed E-state index contributed by atoms with van der Waals surface area (Å²) in [5.41, 5.74) is 2.29. The summed E-state index contributed by atoms with van der Waals surface area (Å²) in [7, 11) is 0. The summed E-state index contributed by atoms with van der Waals surface area (Å²) in [5.74, 6) is 0. The fourth-order valence-corrected chi connectivity index (χ4v) is 2.47. The van der Waals surface area contributed by atoms with E-state index in [1.165, 1.54) is 10.9 Å². The first kappa shape index (κ1) is 12.7. The van der Waals surface area contributed by atoms with E-state index in [1.807, 2.05) is 24.8 Å². The molecule has 100 valence electrons. The van der Waals surface area contributed by atoms with Crippen LogP contribution in [0.15, 0.2) is 55.4 Å². The first-order valence-corrected chi connectivity index (χ1v) is 6.71. The summed E-state index contributed by atoms with van der Waals surface area (Å²) in [6, 6.07) is 8.43. The monoisotopic (exact) mass is 264 g/mol. The van der Waals surface area contributed by atoms with Crippen molar-refractivity contribution in [2.45, 2.75) is 13.0 Å². The van der Waals surface area contributed by atoms with Crippen LogP contribution in [0.1, 0.15) is 24.1 Å². The zero-order chi connectivity index (χ0) is 13.8. The highest BCUT2D eigenvalue weighted by Crippen LogP contribution is 2.27. The predicted octanol–water partition coefficient (Wildman–Crippen LogP) is 2.72. The Morgan fingerprint density at radius 2 is 1.90 bits per heavy atom. The van der Waals surface area contributed by atoms with Gasteiger partial charge in [0.2, 0.25) is 0 Å². The van der Waals surface area contributed by atoms with Gasteiger partial charge in [-0.3, -0.25) is 4.98 Å². The molecule has 4 heteroatoms. The van der Waals surface area contributed by atoms with Gasteiger partial charge in [-0.15, -0.1) is 0 Å². The average Bonchev–Trinajstić information content (AvgIpc) is 2.53. The minimum atomic E-state index is 0.0901. The summed E-state index contributed by atoms with van der Waals surface area (Å²) in [5, 5.41) is 5.86. The normalized spacial score (nSPS) is 12.4. The maximum Gasteiger partial charge on any atom is 0.115 e. The van der Waals surface area contributed by atoms with Crippen molar-refractivity contribution in [1.82, 2.24) is 20.3 Å². The SMILES string of the molecule is CCNC(c1cncnc1)c1cccc2cnccc12. The molecule has 0 radical (unpaired) electrons. The Bertz CT molecular complexity index is 692. The number of hydrogen-bond acceptors (Lipinski definition) is 4. The first-order valence-electron chi connectivity index (χ1n) is 6.71. The van der Waals surface area contributed by atoms with Crippen molar-refractivity contribution in [2.75, 3.05) is 6.54 Å². The average molecular weight is 264 g/mol. The molecule has 0 spiro atoms. The fraction of sp³-hybridized carbons (Fsp3) is 0.188. The van der Waals surface area contributed by atoms with E-state index in [2.05, 4.69) is 51.5 Å². The third-order valence-corrected chi connectivity index (χ3v) is 3.35. The molecule has 2 aromatic heterocycles. The van der Waals surface area contributed by atoms with Gasteiger partial charge in [0.25, 0.3) is 0 Å². The zero-order valence-electron chi connectivity index (χ0n) is 11.3. The molecule has 1 unspecified atom stereocenters. The van der Waals surface area contributed by atoms with Crippen LogP contribution in [-0.4, -0.2) is 21.5 Å². The third-order valence-electron chi connectivity index (χ3n) is 3.35. The fourth-order valence-electron chi connectivity index (χ4n) is 2.47. The van der Waals surface area contributed by atoms with Crippen molar-refractivity contribution in [3.05, 3.63) is 66.5 Å². The summed E-state index contributed by atoms with van der Waals surface area (Å²) >= 11 is 0. The molecule has 0 aliphatic rings. The van der Waals surface area contributed by atoms with Crippen LogP contribution >= 0.6 is 0 Å². The molecule has 2 heterocycles. The molecule has 0 fully saturated rings. The summed E-state index contributed by atoms with van der Waals surface area (Å²) in [6.07, 6.45) is 9.00. The standard InChI is InChI=1S/C16H16N4/c1-2-20-16(13-9-18-11-19-10-13)15-5-3-4-12-8-17-7-6-14(12)15/h3-11,16,20H,2H2,1H3. The zero-order valence-corrected chi connectivity index (χ0v) is 11.3. The van der Waals surface area contributed by atoms with E-state index in [-0.39, 0.29) is 6.04 Å². The third kappa shape index (κ3) is 2.38. The molecule has 3 rings (SSSR count). The summed E-state index contributed by atoms with van der Waals surface area (Å²) in [6.45, 7) is 2.98. The number of benzene rings is 1. The van der Waals surface area contributed by atoms with Gasteiger partial charge in [-0.25, -0.2) is 9.97 Å². The van der Waals surface area contributed by atoms with Crippen LogP contribution in [0.5, 0.6) is 0 Å². The Kier molecular flexibility index (Phi) is 3.65. The second-order valence-electron chi connectivity index (χ2n) is 4.61. The lowest BCUT2D eigenvalue weighted by Gasteiger charge is -2.20. The van der Waals surface area contributed by atoms with Crippen LogP contribution in [-0.2, 0) is 0 Å². The van der Waals surface area contributed by atoms with Gasteiger partial charge >= 0.3 is 0 Å². The van der Waals surface area contributed by atoms with E-state index in [4.69, 9.17) is 0 Å². The van der Waals surface area contributed by atoms with Crippen molar-refractivity contribution in [3.8, 4) is 0 Å². The number of rotatable bonds is 4. The highest BCUT2D eigenvalue weighted by atomic mass is 14.9. The van der Waals surface area contributed by atoms with E-state index in [9.17, 15) is 0 Å². The molecule has 0 aliphatic heterocycles.